The maximum atomic E-state index is 11.4. The number of hydrogen-bond acceptors (Lipinski definition) is 4. The van der Waals surface area contributed by atoms with Crippen molar-refractivity contribution in [2.24, 2.45) is 0 Å². The van der Waals surface area contributed by atoms with Crippen molar-refractivity contribution in [3.63, 3.8) is 0 Å². The summed E-state index contributed by atoms with van der Waals surface area (Å²) in [6.45, 7) is 1.85. The summed E-state index contributed by atoms with van der Waals surface area (Å²) >= 11 is 0. The number of carboxylic acids is 1. The molecule has 1 aromatic carbocycles. The van der Waals surface area contributed by atoms with Gasteiger partial charge in [-0.3, -0.25) is 0 Å². The van der Waals surface area contributed by atoms with E-state index in [9.17, 15) is 15.0 Å². The van der Waals surface area contributed by atoms with Gasteiger partial charge in [-0.05, 0) is 44.0 Å². The first kappa shape index (κ1) is 19.5. The molecule has 144 valence electrons. The van der Waals surface area contributed by atoms with Crippen LogP contribution in [0.2, 0.25) is 0 Å². The van der Waals surface area contributed by atoms with Crippen molar-refractivity contribution >= 4 is 5.97 Å². The number of benzene rings is 1. The number of carboxylic acid groups (broad SMARTS) is 1. The highest BCUT2D eigenvalue weighted by Crippen LogP contribution is 2.22. The molecule has 0 saturated heterocycles. The van der Waals surface area contributed by atoms with Gasteiger partial charge in [-0.25, -0.2) is 9.78 Å². The molecule has 0 amide bonds. The minimum atomic E-state index is -0.952. The molecule has 0 aliphatic heterocycles. The quantitative estimate of drug-likeness (QED) is 0.615. The van der Waals surface area contributed by atoms with E-state index in [0.717, 1.165) is 17.0 Å². The van der Waals surface area contributed by atoms with Gasteiger partial charge in [0.1, 0.15) is 17.9 Å². The summed E-state index contributed by atoms with van der Waals surface area (Å²) in [7, 11) is 0. The molecule has 2 heterocycles. The van der Waals surface area contributed by atoms with E-state index in [0.29, 0.717) is 18.7 Å². The van der Waals surface area contributed by atoms with Crippen LogP contribution in [0, 0.1) is 18.8 Å². The minimum Gasteiger partial charge on any atom is -0.480 e. The molecular formula is C22H22N2O4. The maximum absolute atomic E-state index is 11.4. The topological polar surface area (TPSA) is 88.5 Å². The summed E-state index contributed by atoms with van der Waals surface area (Å²) in [5.74, 6) is 5.85. The van der Waals surface area contributed by atoms with Gasteiger partial charge in [-0.15, -0.1) is 0 Å². The van der Waals surface area contributed by atoms with Gasteiger partial charge in [0.15, 0.2) is 0 Å². The Labute approximate surface area is 163 Å². The van der Waals surface area contributed by atoms with E-state index in [-0.39, 0.29) is 6.42 Å². The van der Waals surface area contributed by atoms with Gasteiger partial charge in [0.25, 0.3) is 0 Å². The van der Waals surface area contributed by atoms with Gasteiger partial charge in [0, 0.05) is 24.4 Å². The Kier molecular flexibility index (Phi) is 6.30. The second-order valence-electron chi connectivity index (χ2n) is 6.45. The number of oxazole rings is 1. The van der Waals surface area contributed by atoms with E-state index < -0.39 is 18.1 Å². The smallest absolute Gasteiger partial charge is 0.327 e. The molecule has 6 heteroatoms. The van der Waals surface area contributed by atoms with Crippen molar-refractivity contribution in [3.8, 4) is 23.3 Å². The first-order chi connectivity index (χ1) is 13.5. The fourth-order valence-electron chi connectivity index (χ4n) is 2.86. The van der Waals surface area contributed by atoms with Gasteiger partial charge in [-0.2, -0.15) is 0 Å². The molecule has 0 aliphatic rings. The number of aryl methyl sites for hydroxylation is 2. The fourth-order valence-corrected chi connectivity index (χ4v) is 2.86. The first-order valence-electron chi connectivity index (χ1n) is 9.08. The van der Waals surface area contributed by atoms with Crippen molar-refractivity contribution in [1.82, 2.24) is 9.55 Å². The Hall–Kier alpha value is -3.30. The van der Waals surface area contributed by atoms with Gasteiger partial charge in [0.05, 0.1) is 5.69 Å². The summed E-state index contributed by atoms with van der Waals surface area (Å²) in [5.41, 5.74) is 1.69. The van der Waals surface area contributed by atoms with Crippen molar-refractivity contribution < 1.29 is 19.4 Å². The van der Waals surface area contributed by atoms with E-state index in [2.05, 4.69) is 16.8 Å². The molecule has 0 bridgehead atoms. The summed E-state index contributed by atoms with van der Waals surface area (Å²) in [5, 5.41) is 19.4. The van der Waals surface area contributed by atoms with Gasteiger partial charge in [-0.1, -0.05) is 30.0 Å². The fraction of sp³-hybridized carbons (Fsp3) is 0.273. The number of aliphatic hydroxyl groups is 1. The maximum Gasteiger partial charge on any atom is 0.327 e. The highest BCUT2D eigenvalue weighted by atomic mass is 16.4. The molecule has 3 aromatic rings. The van der Waals surface area contributed by atoms with Crippen LogP contribution in [0.4, 0.5) is 0 Å². The first-order valence-corrected chi connectivity index (χ1v) is 9.08. The third kappa shape index (κ3) is 4.90. The number of hydrogen-bond donors (Lipinski definition) is 2. The highest BCUT2D eigenvalue weighted by Gasteiger charge is 2.17. The molecular weight excluding hydrogens is 356 g/mol. The Morgan fingerprint density at radius 2 is 1.93 bits per heavy atom. The minimum absolute atomic E-state index is 0.127. The lowest BCUT2D eigenvalue weighted by atomic mass is 10.1. The van der Waals surface area contributed by atoms with Crippen LogP contribution in [0.1, 0.15) is 30.3 Å². The lowest BCUT2D eigenvalue weighted by molar-refractivity contribution is -0.140. The summed E-state index contributed by atoms with van der Waals surface area (Å²) in [6, 6.07) is 12.4. The van der Waals surface area contributed by atoms with Gasteiger partial charge in [0.2, 0.25) is 5.89 Å². The average molecular weight is 378 g/mol. The van der Waals surface area contributed by atoms with Crippen LogP contribution in [0.5, 0.6) is 0 Å². The number of aliphatic hydroxyl groups excluding tert-OH is 1. The zero-order chi connectivity index (χ0) is 19.9. The molecule has 2 N–H and O–H groups in total. The van der Waals surface area contributed by atoms with Crippen LogP contribution in [0.3, 0.4) is 0 Å². The monoisotopic (exact) mass is 378 g/mol. The number of aromatic nitrogens is 2. The Bertz CT molecular complexity index is 965. The molecule has 0 radical (unpaired) electrons. The highest BCUT2D eigenvalue weighted by molar-refractivity contribution is 5.72. The number of rotatable bonds is 7. The lowest BCUT2D eigenvalue weighted by Crippen LogP contribution is -2.17. The SMILES string of the molecule is Cc1oc(-c2ccccc2)nc1CCC(O)C#CCC(C(=O)O)n1cccc1. The van der Waals surface area contributed by atoms with Crippen molar-refractivity contribution in [1.29, 1.82) is 0 Å². The number of carbonyl (C=O) groups is 1. The van der Waals surface area contributed by atoms with Gasteiger partial charge < -0.3 is 19.2 Å². The Morgan fingerprint density at radius 1 is 1.21 bits per heavy atom. The molecule has 2 aromatic heterocycles. The molecule has 0 aliphatic carbocycles. The number of nitrogens with zero attached hydrogens (tertiary/aromatic N) is 2. The van der Waals surface area contributed by atoms with E-state index >= 15 is 0 Å². The summed E-state index contributed by atoms with van der Waals surface area (Å²) in [4.78, 5) is 15.9. The summed E-state index contributed by atoms with van der Waals surface area (Å²) in [6.07, 6.45) is 3.58. The third-order valence-electron chi connectivity index (χ3n) is 4.40. The molecule has 0 saturated carbocycles. The average Bonchev–Trinajstić information content (AvgIpc) is 3.34. The summed E-state index contributed by atoms with van der Waals surface area (Å²) < 4.78 is 7.31. The van der Waals surface area contributed by atoms with Crippen LogP contribution in [0.25, 0.3) is 11.5 Å². The van der Waals surface area contributed by atoms with Crippen LogP contribution in [-0.2, 0) is 11.2 Å². The predicted octanol–water partition coefficient (Wildman–Crippen LogP) is 3.46. The van der Waals surface area contributed by atoms with Crippen LogP contribution in [0.15, 0.2) is 59.3 Å². The molecule has 3 rings (SSSR count). The Morgan fingerprint density at radius 3 is 2.61 bits per heavy atom. The van der Waals surface area contributed by atoms with E-state index in [1.54, 1.807) is 29.1 Å². The Balaban J connectivity index is 1.56. The molecule has 28 heavy (non-hydrogen) atoms. The molecule has 2 unspecified atom stereocenters. The van der Waals surface area contributed by atoms with Crippen LogP contribution >= 0.6 is 0 Å². The standard InChI is InChI=1S/C22H22N2O4/c1-16-19(23-21(28-16)17-8-3-2-4-9-17)13-12-18(25)10-7-11-20(22(26)27)24-14-5-6-15-24/h2-6,8-9,14-15,18,20,25H,11-13H2,1H3,(H,26,27). The third-order valence-corrected chi connectivity index (χ3v) is 4.40. The van der Waals surface area contributed by atoms with Crippen molar-refractivity contribution in [2.45, 2.75) is 38.3 Å². The van der Waals surface area contributed by atoms with E-state index in [1.165, 1.54) is 0 Å². The van der Waals surface area contributed by atoms with Crippen molar-refractivity contribution in [3.05, 3.63) is 66.3 Å². The molecule has 0 fully saturated rings. The molecule has 6 nitrogen and oxygen atoms in total. The zero-order valence-electron chi connectivity index (χ0n) is 15.6. The van der Waals surface area contributed by atoms with Crippen LogP contribution in [-0.4, -0.2) is 31.8 Å². The van der Waals surface area contributed by atoms with E-state index in [4.69, 9.17) is 4.42 Å². The van der Waals surface area contributed by atoms with E-state index in [1.807, 2.05) is 37.3 Å². The lowest BCUT2D eigenvalue weighted by Gasteiger charge is -2.10. The molecule has 2 atom stereocenters. The predicted molar refractivity (Wildman–Crippen MR) is 105 cm³/mol. The van der Waals surface area contributed by atoms with Crippen molar-refractivity contribution in [2.75, 3.05) is 0 Å². The van der Waals surface area contributed by atoms with Crippen LogP contribution < -0.4 is 0 Å². The normalized spacial score (nSPS) is 12.8. The second-order valence-corrected chi connectivity index (χ2v) is 6.45. The van der Waals surface area contributed by atoms with Gasteiger partial charge >= 0.3 is 5.97 Å². The molecule has 0 spiro atoms. The number of aliphatic carboxylic acids is 1. The zero-order valence-corrected chi connectivity index (χ0v) is 15.6. The second kappa shape index (κ2) is 9.07. The largest absolute Gasteiger partial charge is 0.480 e.